The van der Waals surface area contributed by atoms with Gasteiger partial charge in [0.1, 0.15) is 5.65 Å². The number of aromatic amines is 1. The number of nitrogens with one attached hydrogen (secondary N) is 1. The van der Waals surface area contributed by atoms with Crippen molar-refractivity contribution < 1.29 is 0 Å². The van der Waals surface area contributed by atoms with Gasteiger partial charge in [-0.1, -0.05) is 72.8 Å². The van der Waals surface area contributed by atoms with E-state index in [4.69, 9.17) is 4.98 Å². The maximum Gasteiger partial charge on any atom is 0.138 e. The SMILES string of the molecule is c1ccc(N(c2ccccc2)c2cnc3[nH]c4ccc(-n5c6ccccc6c6ccccc65)cc4c3c2)cc1. The summed E-state index contributed by atoms with van der Waals surface area (Å²) in [4.78, 5) is 10.7. The summed E-state index contributed by atoms with van der Waals surface area (Å²) in [5, 5.41) is 4.77. The summed E-state index contributed by atoms with van der Waals surface area (Å²) in [6.45, 7) is 0. The Kier molecular flexibility index (Phi) is 4.79. The van der Waals surface area contributed by atoms with E-state index in [1.165, 1.54) is 21.8 Å². The van der Waals surface area contributed by atoms with E-state index in [0.717, 1.165) is 44.7 Å². The number of para-hydroxylation sites is 4. The van der Waals surface area contributed by atoms with E-state index in [9.17, 15) is 0 Å². The van der Waals surface area contributed by atoms with Crippen LogP contribution >= 0.6 is 0 Å². The van der Waals surface area contributed by atoms with E-state index in [0.29, 0.717) is 0 Å². The number of pyridine rings is 1. The molecule has 0 saturated carbocycles. The predicted molar refractivity (Wildman–Crippen MR) is 163 cm³/mol. The van der Waals surface area contributed by atoms with E-state index in [1.807, 2.05) is 18.3 Å². The molecule has 0 aliphatic carbocycles. The molecule has 8 rings (SSSR count). The van der Waals surface area contributed by atoms with Gasteiger partial charge in [-0.2, -0.15) is 0 Å². The van der Waals surface area contributed by atoms with Crippen molar-refractivity contribution in [2.24, 2.45) is 0 Å². The topological polar surface area (TPSA) is 36.9 Å². The Balaban J connectivity index is 1.36. The minimum absolute atomic E-state index is 0.884. The molecule has 4 nitrogen and oxygen atoms in total. The molecule has 0 bridgehead atoms. The zero-order valence-electron chi connectivity index (χ0n) is 21.1. The van der Waals surface area contributed by atoms with Crippen LogP contribution in [0.1, 0.15) is 0 Å². The van der Waals surface area contributed by atoms with E-state index in [-0.39, 0.29) is 0 Å². The summed E-state index contributed by atoms with van der Waals surface area (Å²) in [7, 11) is 0. The maximum atomic E-state index is 4.88. The van der Waals surface area contributed by atoms with Crippen molar-refractivity contribution in [1.29, 1.82) is 0 Å². The van der Waals surface area contributed by atoms with Gasteiger partial charge in [0.15, 0.2) is 0 Å². The Bertz CT molecular complexity index is 2030. The zero-order chi connectivity index (χ0) is 25.8. The van der Waals surface area contributed by atoms with E-state index < -0.39 is 0 Å². The molecule has 0 radical (unpaired) electrons. The fraction of sp³-hybridized carbons (Fsp3) is 0. The molecule has 0 aliphatic heterocycles. The zero-order valence-corrected chi connectivity index (χ0v) is 21.1. The van der Waals surface area contributed by atoms with E-state index in [1.54, 1.807) is 0 Å². The van der Waals surface area contributed by atoms with Crippen molar-refractivity contribution in [3.05, 3.63) is 140 Å². The highest BCUT2D eigenvalue weighted by Crippen LogP contribution is 2.38. The van der Waals surface area contributed by atoms with Crippen molar-refractivity contribution in [1.82, 2.24) is 14.5 Å². The van der Waals surface area contributed by atoms with Crippen LogP contribution in [0.4, 0.5) is 17.1 Å². The summed E-state index contributed by atoms with van der Waals surface area (Å²) in [5.74, 6) is 0. The maximum absolute atomic E-state index is 4.88. The number of fused-ring (bicyclic) bond motifs is 6. The number of H-pyrrole nitrogens is 1. The summed E-state index contributed by atoms with van der Waals surface area (Å²) in [6.07, 6.45) is 1.95. The number of hydrogen-bond acceptors (Lipinski definition) is 2. The second-order valence-corrected chi connectivity index (χ2v) is 9.82. The van der Waals surface area contributed by atoms with Gasteiger partial charge in [-0.3, -0.25) is 0 Å². The molecule has 3 aromatic heterocycles. The van der Waals surface area contributed by atoms with Crippen molar-refractivity contribution >= 4 is 60.8 Å². The third kappa shape index (κ3) is 3.42. The lowest BCUT2D eigenvalue weighted by Crippen LogP contribution is -2.09. The molecular formula is C35H24N4. The first-order chi connectivity index (χ1) is 19.3. The molecule has 0 atom stereocenters. The standard InChI is InChI=1S/C35H24N4/c1-3-11-24(12-4-1)38(25-13-5-2-6-14-25)27-22-31-30-21-26(19-20-32(30)37-35(31)36-23-27)39-33-17-9-7-15-28(33)29-16-8-10-18-34(29)39/h1-23H,(H,36,37). The summed E-state index contributed by atoms with van der Waals surface area (Å²) < 4.78 is 2.36. The lowest BCUT2D eigenvalue weighted by Gasteiger charge is -2.25. The van der Waals surface area contributed by atoms with Crippen molar-refractivity contribution in [3.63, 3.8) is 0 Å². The van der Waals surface area contributed by atoms with Crippen molar-refractivity contribution in [2.75, 3.05) is 4.90 Å². The molecule has 3 heterocycles. The first-order valence-corrected chi connectivity index (χ1v) is 13.2. The minimum atomic E-state index is 0.884. The highest BCUT2D eigenvalue weighted by atomic mass is 15.1. The third-order valence-corrected chi connectivity index (χ3v) is 7.54. The summed E-state index contributed by atoms with van der Waals surface area (Å²) in [6, 6.07) is 47.0. The second kappa shape index (κ2) is 8.61. The molecule has 0 aliphatic rings. The largest absolute Gasteiger partial charge is 0.339 e. The minimum Gasteiger partial charge on any atom is -0.339 e. The first kappa shape index (κ1) is 21.7. The highest BCUT2D eigenvalue weighted by Gasteiger charge is 2.16. The number of benzene rings is 5. The van der Waals surface area contributed by atoms with Crippen LogP contribution in [0.2, 0.25) is 0 Å². The van der Waals surface area contributed by atoms with Crippen LogP contribution in [-0.2, 0) is 0 Å². The van der Waals surface area contributed by atoms with Crippen LogP contribution in [0.3, 0.4) is 0 Å². The number of anilines is 3. The van der Waals surface area contributed by atoms with Gasteiger partial charge < -0.3 is 14.5 Å². The normalized spacial score (nSPS) is 11.6. The number of nitrogens with zero attached hydrogens (tertiary/aromatic N) is 3. The number of aromatic nitrogens is 3. The molecule has 0 spiro atoms. The van der Waals surface area contributed by atoms with Gasteiger partial charge in [0.05, 0.1) is 22.9 Å². The third-order valence-electron chi connectivity index (χ3n) is 7.54. The average molecular weight is 501 g/mol. The van der Waals surface area contributed by atoms with Gasteiger partial charge in [-0.05, 0) is 60.7 Å². The van der Waals surface area contributed by atoms with Gasteiger partial charge in [0.2, 0.25) is 0 Å². The molecule has 39 heavy (non-hydrogen) atoms. The molecule has 8 aromatic rings. The van der Waals surface area contributed by atoms with Gasteiger partial charge in [-0.15, -0.1) is 0 Å². The highest BCUT2D eigenvalue weighted by molar-refractivity contribution is 6.11. The Morgan fingerprint density at radius 2 is 1.10 bits per heavy atom. The lowest BCUT2D eigenvalue weighted by molar-refractivity contribution is 1.19. The smallest absolute Gasteiger partial charge is 0.138 e. The van der Waals surface area contributed by atoms with E-state index >= 15 is 0 Å². The van der Waals surface area contributed by atoms with Gasteiger partial charge in [0.25, 0.3) is 0 Å². The molecule has 0 unspecified atom stereocenters. The van der Waals surface area contributed by atoms with Crippen LogP contribution in [-0.4, -0.2) is 14.5 Å². The molecule has 184 valence electrons. The van der Waals surface area contributed by atoms with E-state index in [2.05, 4.69) is 136 Å². The molecule has 1 N–H and O–H groups in total. The van der Waals surface area contributed by atoms with Crippen LogP contribution < -0.4 is 4.90 Å². The molecule has 0 saturated heterocycles. The van der Waals surface area contributed by atoms with Crippen molar-refractivity contribution in [3.8, 4) is 5.69 Å². The molecular weight excluding hydrogens is 476 g/mol. The van der Waals surface area contributed by atoms with Crippen LogP contribution in [0, 0.1) is 0 Å². The van der Waals surface area contributed by atoms with Gasteiger partial charge in [-0.25, -0.2) is 4.98 Å². The molecule has 0 fully saturated rings. The fourth-order valence-corrected chi connectivity index (χ4v) is 5.81. The van der Waals surface area contributed by atoms with Gasteiger partial charge in [0, 0.05) is 44.1 Å². The molecule has 0 amide bonds. The predicted octanol–water partition coefficient (Wildman–Crippen LogP) is 9.28. The fourth-order valence-electron chi connectivity index (χ4n) is 5.81. The Morgan fingerprint density at radius 1 is 0.513 bits per heavy atom. The van der Waals surface area contributed by atoms with Crippen LogP contribution in [0.25, 0.3) is 49.4 Å². The Morgan fingerprint density at radius 3 is 1.74 bits per heavy atom. The second-order valence-electron chi connectivity index (χ2n) is 9.82. The first-order valence-electron chi connectivity index (χ1n) is 13.2. The Hall–Kier alpha value is -5.35. The number of hydrogen-bond donors (Lipinski definition) is 1. The Labute approximate surface area is 225 Å². The quantitative estimate of drug-likeness (QED) is 0.261. The van der Waals surface area contributed by atoms with Crippen LogP contribution in [0.5, 0.6) is 0 Å². The molecule has 4 heteroatoms. The lowest BCUT2D eigenvalue weighted by atomic mass is 10.1. The number of rotatable bonds is 4. The van der Waals surface area contributed by atoms with Crippen molar-refractivity contribution in [2.45, 2.75) is 0 Å². The summed E-state index contributed by atoms with van der Waals surface area (Å²) in [5.41, 5.74) is 8.70. The molecule has 5 aromatic carbocycles. The van der Waals surface area contributed by atoms with Crippen LogP contribution in [0.15, 0.2) is 140 Å². The average Bonchev–Trinajstić information content (AvgIpc) is 3.53. The summed E-state index contributed by atoms with van der Waals surface area (Å²) >= 11 is 0. The van der Waals surface area contributed by atoms with Gasteiger partial charge >= 0.3 is 0 Å². The monoisotopic (exact) mass is 500 g/mol.